The fourth-order valence-electron chi connectivity index (χ4n) is 2.12. The third kappa shape index (κ3) is 3.97. The highest BCUT2D eigenvalue weighted by molar-refractivity contribution is 6.32. The van der Waals surface area contributed by atoms with Crippen molar-refractivity contribution >= 4 is 17.5 Å². The first kappa shape index (κ1) is 14.9. The Morgan fingerprint density at radius 3 is 2.75 bits per heavy atom. The first-order valence-electron chi connectivity index (χ1n) is 6.75. The molecular formula is C15H18ClN3O. The molecule has 0 saturated carbocycles. The molecule has 1 fully saturated rings. The fourth-order valence-corrected chi connectivity index (χ4v) is 2.35. The summed E-state index contributed by atoms with van der Waals surface area (Å²) in [6.07, 6.45) is 3.47. The molecule has 0 spiro atoms. The van der Waals surface area contributed by atoms with Gasteiger partial charge < -0.3 is 5.73 Å². The van der Waals surface area contributed by atoms with E-state index in [9.17, 15) is 4.79 Å². The molecule has 5 heteroatoms. The van der Waals surface area contributed by atoms with Gasteiger partial charge in [0.25, 0.3) is 5.91 Å². The SMILES string of the molecule is NCC#Cc1ccc(C(=O)NN2CCCCC2)cc1Cl. The summed E-state index contributed by atoms with van der Waals surface area (Å²) in [5.74, 6) is 5.48. The van der Waals surface area contributed by atoms with Crippen LogP contribution in [0.3, 0.4) is 0 Å². The van der Waals surface area contributed by atoms with Crippen LogP contribution in [0.4, 0.5) is 0 Å². The summed E-state index contributed by atoms with van der Waals surface area (Å²) >= 11 is 6.12. The Bertz CT molecular complexity index is 542. The van der Waals surface area contributed by atoms with E-state index in [0.717, 1.165) is 25.9 Å². The molecule has 3 N–H and O–H groups in total. The Kier molecular flexibility index (Phi) is 5.42. The van der Waals surface area contributed by atoms with Crippen molar-refractivity contribution in [1.29, 1.82) is 0 Å². The second-order valence-electron chi connectivity index (χ2n) is 4.69. The zero-order chi connectivity index (χ0) is 14.4. The van der Waals surface area contributed by atoms with Crippen molar-refractivity contribution in [2.75, 3.05) is 19.6 Å². The van der Waals surface area contributed by atoms with Gasteiger partial charge in [0.1, 0.15) is 0 Å². The Morgan fingerprint density at radius 2 is 2.10 bits per heavy atom. The van der Waals surface area contributed by atoms with Crippen molar-refractivity contribution in [1.82, 2.24) is 10.4 Å². The van der Waals surface area contributed by atoms with Gasteiger partial charge in [-0.15, -0.1) is 0 Å². The van der Waals surface area contributed by atoms with Crippen LogP contribution in [0.15, 0.2) is 18.2 Å². The number of hydrazine groups is 1. The maximum atomic E-state index is 12.1. The average molecular weight is 292 g/mol. The Hall–Kier alpha value is -1.54. The third-order valence-electron chi connectivity index (χ3n) is 3.17. The van der Waals surface area contributed by atoms with E-state index in [1.165, 1.54) is 6.42 Å². The normalized spacial score (nSPS) is 15.3. The van der Waals surface area contributed by atoms with Gasteiger partial charge in [-0.25, -0.2) is 5.01 Å². The summed E-state index contributed by atoms with van der Waals surface area (Å²) in [5.41, 5.74) is 9.45. The van der Waals surface area contributed by atoms with Gasteiger partial charge in [0.05, 0.1) is 11.6 Å². The second-order valence-corrected chi connectivity index (χ2v) is 5.10. The lowest BCUT2D eigenvalue weighted by Crippen LogP contribution is -2.45. The van der Waals surface area contributed by atoms with E-state index in [0.29, 0.717) is 16.1 Å². The fraction of sp³-hybridized carbons (Fsp3) is 0.400. The van der Waals surface area contributed by atoms with Crippen molar-refractivity contribution in [3.8, 4) is 11.8 Å². The summed E-state index contributed by atoms with van der Waals surface area (Å²) in [5, 5.41) is 2.43. The number of halogens is 1. The van der Waals surface area contributed by atoms with Crippen molar-refractivity contribution in [3.63, 3.8) is 0 Å². The van der Waals surface area contributed by atoms with Crippen LogP contribution in [0, 0.1) is 11.8 Å². The van der Waals surface area contributed by atoms with Crippen LogP contribution in [0.2, 0.25) is 5.02 Å². The zero-order valence-electron chi connectivity index (χ0n) is 11.3. The summed E-state index contributed by atoms with van der Waals surface area (Å²) in [4.78, 5) is 12.1. The predicted molar refractivity (Wildman–Crippen MR) is 80.3 cm³/mol. The largest absolute Gasteiger partial charge is 0.320 e. The van der Waals surface area contributed by atoms with Crippen LogP contribution in [0.25, 0.3) is 0 Å². The summed E-state index contributed by atoms with van der Waals surface area (Å²) in [6, 6.07) is 5.11. The Morgan fingerprint density at radius 1 is 1.35 bits per heavy atom. The minimum Gasteiger partial charge on any atom is -0.320 e. The van der Waals surface area contributed by atoms with E-state index in [-0.39, 0.29) is 12.5 Å². The Labute approximate surface area is 124 Å². The first-order chi connectivity index (χ1) is 9.70. The topological polar surface area (TPSA) is 58.4 Å². The van der Waals surface area contributed by atoms with Crippen LogP contribution in [0.5, 0.6) is 0 Å². The second kappa shape index (κ2) is 7.30. The van der Waals surface area contributed by atoms with Crippen LogP contribution < -0.4 is 11.2 Å². The number of hydrogen-bond donors (Lipinski definition) is 2. The first-order valence-corrected chi connectivity index (χ1v) is 7.13. The monoisotopic (exact) mass is 291 g/mol. The number of piperidine rings is 1. The summed E-state index contributed by atoms with van der Waals surface area (Å²) < 4.78 is 0. The summed E-state index contributed by atoms with van der Waals surface area (Å²) in [6.45, 7) is 2.09. The number of rotatable bonds is 2. The summed E-state index contributed by atoms with van der Waals surface area (Å²) in [7, 11) is 0. The van der Waals surface area contributed by atoms with Gasteiger partial charge in [0.15, 0.2) is 0 Å². The molecular weight excluding hydrogens is 274 g/mol. The number of nitrogens with zero attached hydrogens (tertiary/aromatic N) is 1. The molecule has 106 valence electrons. The molecule has 1 saturated heterocycles. The zero-order valence-corrected chi connectivity index (χ0v) is 12.0. The molecule has 1 aliphatic heterocycles. The maximum absolute atomic E-state index is 12.1. The number of amides is 1. The Balaban J connectivity index is 2.04. The van der Waals surface area contributed by atoms with E-state index in [1.807, 2.05) is 5.01 Å². The quantitative estimate of drug-likeness (QED) is 0.817. The van der Waals surface area contributed by atoms with Gasteiger partial charge in [0, 0.05) is 24.2 Å². The molecule has 0 aromatic heterocycles. The number of hydrogen-bond acceptors (Lipinski definition) is 3. The smallest absolute Gasteiger partial charge is 0.265 e. The molecule has 0 bridgehead atoms. The van der Waals surface area contributed by atoms with E-state index in [2.05, 4.69) is 17.3 Å². The van der Waals surface area contributed by atoms with Crippen LogP contribution in [-0.4, -0.2) is 30.6 Å². The molecule has 1 amide bonds. The van der Waals surface area contributed by atoms with E-state index >= 15 is 0 Å². The molecule has 0 aliphatic carbocycles. The highest BCUT2D eigenvalue weighted by Crippen LogP contribution is 2.17. The highest BCUT2D eigenvalue weighted by Gasteiger charge is 2.14. The van der Waals surface area contributed by atoms with Crippen molar-refractivity contribution < 1.29 is 4.79 Å². The standard InChI is InChI=1S/C15H18ClN3O/c16-14-11-13(7-6-12(14)5-4-8-17)15(20)18-19-9-2-1-3-10-19/h6-7,11H,1-3,8-10,17H2,(H,18,20). The number of benzene rings is 1. The third-order valence-corrected chi connectivity index (χ3v) is 3.48. The molecule has 1 aromatic carbocycles. The van der Waals surface area contributed by atoms with Crippen molar-refractivity contribution in [2.24, 2.45) is 5.73 Å². The van der Waals surface area contributed by atoms with Crippen molar-refractivity contribution in [3.05, 3.63) is 34.3 Å². The van der Waals surface area contributed by atoms with Gasteiger partial charge >= 0.3 is 0 Å². The lowest BCUT2D eigenvalue weighted by atomic mass is 10.1. The molecule has 1 heterocycles. The van der Waals surface area contributed by atoms with Gasteiger partial charge in [-0.1, -0.05) is 29.9 Å². The van der Waals surface area contributed by atoms with Gasteiger partial charge in [-0.3, -0.25) is 10.2 Å². The van der Waals surface area contributed by atoms with E-state index in [1.54, 1.807) is 18.2 Å². The van der Waals surface area contributed by atoms with Gasteiger partial charge in [0.2, 0.25) is 0 Å². The van der Waals surface area contributed by atoms with Crippen molar-refractivity contribution in [2.45, 2.75) is 19.3 Å². The molecule has 20 heavy (non-hydrogen) atoms. The molecule has 1 aromatic rings. The number of nitrogens with two attached hydrogens (primary N) is 1. The number of carbonyl (C=O) groups is 1. The predicted octanol–water partition coefficient (Wildman–Crippen LogP) is 1.78. The molecule has 0 atom stereocenters. The maximum Gasteiger partial charge on any atom is 0.265 e. The van der Waals surface area contributed by atoms with Crippen LogP contribution >= 0.6 is 11.6 Å². The molecule has 1 aliphatic rings. The molecule has 2 rings (SSSR count). The minimum atomic E-state index is -0.132. The van der Waals surface area contributed by atoms with E-state index in [4.69, 9.17) is 17.3 Å². The van der Waals surface area contributed by atoms with Gasteiger partial charge in [-0.05, 0) is 31.0 Å². The molecule has 0 unspecified atom stereocenters. The number of carbonyl (C=O) groups excluding carboxylic acids is 1. The molecule has 4 nitrogen and oxygen atoms in total. The van der Waals surface area contributed by atoms with Crippen LogP contribution in [0.1, 0.15) is 35.2 Å². The van der Waals surface area contributed by atoms with Gasteiger partial charge in [-0.2, -0.15) is 0 Å². The lowest BCUT2D eigenvalue weighted by Gasteiger charge is -2.26. The van der Waals surface area contributed by atoms with Crippen LogP contribution in [-0.2, 0) is 0 Å². The molecule has 0 radical (unpaired) electrons. The highest BCUT2D eigenvalue weighted by atomic mass is 35.5. The average Bonchev–Trinajstić information content (AvgIpc) is 2.47. The minimum absolute atomic E-state index is 0.132. The number of nitrogens with one attached hydrogen (secondary N) is 1. The lowest BCUT2D eigenvalue weighted by molar-refractivity contribution is 0.0750. The van der Waals surface area contributed by atoms with E-state index < -0.39 is 0 Å².